The van der Waals surface area contributed by atoms with Crippen LogP contribution in [0.2, 0.25) is 0 Å². The lowest BCUT2D eigenvalue weighted by atomic mass is 9.68. The first-order valence-corrected chi connectivity index (χ1v) is 26.1. The number of para-hydroxylation sites is 3. The Morgan fingerprint density at radius 3 is 1.42 bits per heavy atom. The van der Waals surface area contributed by atoms with Crippen LogP contribution in [0.3, 0.4) is 0 Å². The Kier molecular flexibility index (Phi) is 10.1. The first-order valence-electron chi connectivity index (χ1n) is 26.1. The van der Waals surface area contributed by atoms with Gasteiger partial charge >= 0.3 is 0 Å². The van der Waals surface area contributed by atoms with Gasteiger partial charge in [-0.1, -0.05) is 224 Å². The molecule has 0 radical (unpaired) electrons. The second-order valence-corrected chi connectivity index (χ2v) is 19.9. The SMILES string of the molecule is c1ccc(C2(c3ccccc3)c3ccccc3-c3c(N(c4ccc(-c5ccc(-c6ccc7oc8ccccc8c7c6)cc5)cc4)c4ccc(-c5cccc(-c6cccc7c6oc6ccccc67)c5)cc4)cccc32)cc1. The van der Waals surface area contributed by atoms with Crippen LogP contribution in [-0.4, -0.2) is 0 Å². The Balaban J connectivity index is 0.845. The summed E-state index contributed by atoms with van der Waals surface area (Å²) < 4.78 is 12.6. The molecule has 0 spiro atoms. The van der Waals surface area contributed by atoms with Gasteiger partial charge in [0.1, 0.15) is 22.3 Å². The first-order chi connectivity index (χ1) is 37.7. The van der Waals surface area contributed by atoms with E-state index in [-0.39, 0.29) is 0 Å². The summed E-state index contributed by atoms with van der Waals surface area (Å²) in [6.07, 6.45) is 0. The van der Waals surface area contributed by atoms with E-state index in [9.17, 15) is 0 Å². The Morgan fingerprint density at radius 1 is 0.276 bits per heavy atom. The predicted molar refractivity (Wildman–Crippen MR) is 315 cm³/mol. The van der Waals surface area contributed by atoms with Crippen LogP contribution >= 0.6 is 0 Å². The molecule has 1 aliphatic carbocycles. The molecular weight excluding hydrogens is 923 g/mol. The summed E-state index contributed by atoms with van der Waals surface area (Å²) in [5.41, 5.74) is 22.9. The maximum Gasteiger partial charge on any atom is 0.143 e. The standard InChI is InChI=1S/C73H47NO2/c1-3-18-55(19-4-1)73(56-20-5-2-6-21-56)65-27-10-7-24-63(65)71-66(73)28-15-29-67(71)74(57-41-36-49(37-42-57)48-32-34-50(35-33-48)53-40-45-70-64(47-53)61-23-9-11-30-68(61)75-70)58-43-38-51(39-44-58)52-16-13-17-54(46-52)59-25-14-26-62-60-22-8-12-31-69(60)76-72(59)62/h1-47H. The lowest BCUT2D eigenvalue weighted by Crippen LogP contribution is -2.28. The summed E-state index contributed by atoms with van der Waals surface area (Å²) in [6, 6.07) is 103. The Hall–Kier alpha value is -9.96. The van der Waals surface area contributed by atoms with Gasteiger partial charge in [-0.25, -0.2) is 0 Å². The molecule has 0 fully saturated rings. The molecule has 3 nitrogen and oxygen atoms in total. The van der Waals surface area contributed by atoms with Crippen molar-refractivity contribution in [3.8, 4) is 55.6 Å². The van der Waals surface area contributed by atoms with Crippen molar-refractivity contribution in [1.82, 2.24) is 0 Å². The van der Waals surface area contributed by atoms with Crippen LogP contribution < -0.4 is 4.90 Å². The maximum atomic E-state index is 6.49. The van der Waals surface area contributed by atoms with Gasteiger partial charge in [-0.2, -0.15) is 0 Å². The van der Waals surface area contributed by atoms with Gasteiger partial charge in [0.2, 0.25) is 0 Å². The monoisotopic (exact) mass is 969 g/mol. The molecule has 76 heavy (non-hydrogen) atoms. The fraction of sp³-hybridized carbons (Fsp3) is 0.0137. The lowest BCUT2D eigenvalue weighted by molar-refractivity contribution is 0.669. The average Bonchev–Trinajstić information content (AvgIpc) is 4.17. The van der Waals surface area contributed by atoms with Crippen molar-refractivity contribution in [2.45, 2.75) is 5.41 Å². The Morgan fingerprint density at radius 2 is 0.737 bits per heavy atom. The number of anilines is 3. The average molecular weight is 970 g/mol. The normalized spacial score (nSPS) is 12.6. The minimum absolute atomic E-state index is 0.536. The van der Waals surface area contributed by atoms with Crippen molar-refractivity contribution < 1.29 is 8.83 Å². The Labute approximate surface area is 440 Å². The fourth-order valence-electron chi connectivity index (χ4n) is 12.3. The molecule has 14 aromatic rings. The van der Waals surface area contributed by atoms with Gasteiger partial charge in [0, 0.05) is 44.0 Å². The molecule has 0 amide bonds. The predicted octanol–water partition coefficient (Wildman–Crippen LogP) is 20.0. The van der Waals surface area contributed by atoms with Crippen LogP contribution in [0.4, 0.5) is 17.1 Å². The highest BCUT2D eigenvalue weighted by atomic mass is 16.3. The van der Waals surface area contributed by atoms with Gasteiger partial charge in [-0.3, -0.25) is 0 Å². The highest BCUT2D eigenvalue weighted by Crippen LogP contribution is 2.59. The molecule has 1 aliphatic rings. The van der Waals surface area contributed by atoms with Gasteiger partial charge in [0.15, 0.2) is 0 Å². The summed E-state index contributed by atoms with van der Waals surface area (Å²) >= 11 is 0. The van der Waals surface area contributed by atoms with E-state index in [1.165, 1.54) is 33.4 Å². The van der Waals surface area contributed by atoms with Crippen molar-refractivity contribution in [3.63, 3.8) is 0 Å². The minimum Gasteiger partial charge on any atom is -0.456 e. The van der Waals surface area contributed by atoms with E-state index in [0.717, 1.165) is 105 Å². The number of furan rings is 2. The zero-order chi connectivity index (χ0) is 50.2. The molecule has 0 saturated heterocycles. The summed E-state index contributed by atoms with van der Waals surface area (Å²) in [6.45, 7) is 0. The number of nitrogens with zero attached hydrogens (tertiary/aromatic N) is 1. The topological polar surface area (TPSA) is 29.5 Å². The van der Waals surface area contributed by atoms with Gasteiger partial charge in [-0.15, -0.1) is 0 Å². The molecule has 0 aliphatic heterocycles. The fourth-order valence-corrected chi connectivity index (χ4v) is 12.3. The smallest absolute Gasteiger partial charge is 0.143 e. The number of hydrogen-bond acceptors (Lipinski definition) is 3. The van der Waals surface area contributed by atoms with E-state index in [1.54, 1.807) is 0 Å². The Bertz CT molecular complexity index is 4450. The molecule has 0 atom stereocenters. The lowest BCUT2D eigenvalue weighted by Gasteiger charge is -2.34. The third kappa shape index (κ3) is 6.90. The van der Waals surface area contributed by atoms with Gasteiger partial charge in [-0.05, 0) is 127 Å². The van der Waals surface area contributed by atoms with E-state index >= 15 is 0 Å². The minimum atomic E-state index is -0.536. The zero-order valence-corrected chi connectivity index (χ0v) is 41.4. The molecule has 2 aromatic heterocycles. The molecule has 356 valence electrons. The largest absolute Gasteiger partial charge is 0.456 e. The van der Waals surface area contributed by atoms with E-state index < -0.39 is 5.41 Å². The molecule has 0 bridgehead atoms. The van der Waals surface area contributed by atoms with E-state index in [0.29, 0.717) is 0 Å². The highest BCUT2D eigenvalue weighted by Gasteiger charge is 2.47. The number of benzene rings is 12. The third-order valence-electron chi connectivity index (χ3n) is 15.8. The third-order valence-corrected chi connectivity index (χ3v) is 15.8. The maximum absolute atomic E-state index is 6.49. The molecule has 0 saturated carbocycles. The van der Waals surface area contributed by atoms with Crippen LogP contribution in [0.5, 0.6) is 0 Å². The van der Waals surface area contributed by atoms with Gasteiger partial charge in [0.25, 0.3) is 0 Å². The molecule has 15 rings (SSSR count). The summed E-state index contributed by atoms with van der Waals surface area (Å²) in [5, 5.41) is 4.53. The summed E-state index contributed by atoms with van der Waals surface area (Å²) in [5.74, 6) is 0. The van der Waals surface area contributed by atoms with Gasteiger partial charge in [0.05, 0.1) is 11.1 Å². The molecule has 12 aromatic carbocycles. The second-order valence-electron chi connectivity index (χ2n) is 19.9. The molecule has 0 unspecified atom stereocenters. The number of hydrogen-bond donors (Lipinski definition) is 0. The molecule has 0 N–H and O–H groups in total. The highest BCUT2D eigenvalue weighted by molar-refractivity contribution is 6.10. The van der Waals surface area contributed by atoms with E-state index in [4.69, 9.17) is 8.83 Å². The number of rotatable bonds is 9. The summed E-state index contributed by atoms with van der Waals surface area (Å²) in [4.78, 5) is 2.45. The van der Waals surface area contributed by atoms with Crippen molar-refractivity contribution in [2.24, 2.45) is 0 Å². The van der Waals surface area contributed by atoms with Crippen molar-refractivity contribution in [2.75, 3.05) is 4.90 Å². The molecule has 2 heterocycles. The van der Waals surface area contributed by atoms with E-state index in [1.807, 2.05) is 24.3 Å². The van der Waals surface area contributed by atoms with Crippen LogP contribution in [0, 0.1) is 0 Å². The second kappa shape index (κ2) is 17.6. The molecule has 3 heteroatoms. The van der Waals surface area contributed by atoms with Crippen LogP contribution in [0.15, 0.2) is 294 Å². The zero-order valence-electron chi connectivity index (χ0n) is 41.4. The molecular formula is C73H47NO2. The van der Waals surface area contributed by atoms with Crippen molar-refractivity contribution >= 4 is 60.9 Å². The summed E-state index contributed by atoms with van der Waals surface area (Å²) in [7, 11) is 0. The van der Waals surface area contributed by atoms with E-state index in [2.05, 4.69) is 266 Å². The quantitative estimate of drug-likeness (QED) is 0.144. The van der Waals surface area contributed by atoms with Crippen LogP contribution in [-0.2, 0) is 5.41 Å². The van der Waals surface area contributed by atoms with Crippen molar-refractivity contribution in [3.05, 3.63) is 307 Å². The van der Waals surface area contributed by atoms with Crippen LogP contribution in [0.25, 0.3) is 99.5 Å². The van der Waals surface area contributed by atoms with Crippen LogP contribution in [0.1, 0.15) is 22.3 Å². The van der Waals surface area contributed by atoms with Gasteiger partial charge < -0.3 is 13.7 Å². The van der Waals surface area contributed by atoms with Crippen molar-refractivity contribution in [1.29, 1.82) is 0 Å². The first kappa shape index (κ1) is 43.6. The number of fused-ring (bicyclic) bond motifs is 9.